The third-order valence-corrected chi connectivity index (χ3v) is 3.90. The van der Waals surface area contributed by atoms with E-state index in [4.69, 9.17) is 9.47 Å². The van der Waals surface area contributed by atoms with Gasteiger partial charge in [0.25, 0.3) is 5.91 Å². The molecule has 0 aliphatic heterocycles. The van der Waals surface area contributed by atoms with Crippen molar-refractivity contribution in [1.82, 2.24) is 15.1 Å². The van der Waals surface area contributed by atoms with E-state index < -0.39 is 0 Å². The number of nitrogens with zero attached hydrogens (tertiary/aromatic N) is 2. The smallest absolute Gasteiger partial charge is 0.257 e. The summed E-state index contributed by atoms with van der Waals surface area (Å²) in [5.41, 5.74) is 2.63. The summed E-state index contributed by atoms with van der Waals surface area (Å²) in [6, 6.07) is 6.90. The van der Waals surface area contributed by atoms with Crippen LogP contribution in [0.15, 0.2) is 24.3 Å². The van der Waals surface area contributed by atoms with Crippen molar-refractivity contribution in [2.45, 2.75) is 33.7 Å². The van der Waals surface area contributed by atoms with Crippen molar-refractivity contribution >= 4 is 11.7 Å². The molecule has 1 amide bonds. The molecule has 1 aromatic heterocycles. The van der Waals surface area contributed by atoms with Gasteiger partial charge in [-0.2, -0.15) is 5.10 Å². The van der Waals surface area contributed by atoms with Crippen molar-refractivity contribution in [1.29, 1.82) is 0 Å². The number of carbonyl (C=O) groups excluding carboxylic acids is 2. The van der Waals surface area contributed by atoms with Gasteiger partial charge in [0, 0.05) is 24.3 Å². The Hall–Kier alpha value is -2.83. The monoisotopic (exact) mass is 359 g/mol. The molecule has 0 saturated carbocycles. The fraction of sp³-hybridized carbons (Fsp3) is 0.421. The number of benzene rings is 1. The normalized spacial score (nSPS) is 10.5. The summed E-state index contributed by atoms with van der Waals surface area (Å²) < 4.78 is 12.6. The number of methoxy groups -OCH3 is 1. The number of rotatable bonds is 9. The topological polar surface area (TPSA) is 82.5 Å². The Kier molecular flexibility index (Phi) is 6.77. The number of ketones is 1. The Bertz CT molecular complexity index is 783. The van der Waals surface area contributed by atoms with Crippen molar-refractivity contribution in [2.24, 2.45) is 0 Å². The van der Waals surface area contributed by atoms with Crippen molar-refractivity contribution in [2.75, 3.05) is 20.3 Å². The number of carbonyl (C=O) groups is 2. The molecule has 0 aliphatic carbocycles. The molecule has 1 aromatic carbocycles. The van der Waals surface area contributed by atoms with Crippen LogP contribution >= 0.6 is 0 Å². The van der Waals surface area contributed by atoms with Crippen molar-refractivity contribution in [3.8, 4) is 11.5 Å². The van der Waals surface area contributed by atoms with Gasteiger partial charge >= 0.3 is 0 Å². The fourth-order valence-electron chi connectivity index (χ4n) is 2.56. The lowest BCUT2D eigenvalue weighted by Crippen LogP contribution is -2.30. The van der Waals surface area contributed by atoms with Gasteiger partial charge in [-0.3, -0.25) is 14.3 Å². The summed E-state index contributed by atoms with van der Waals surface area (Å²) in [5, 5.41) is 7.20. The molecule has 2 aromatic rings. The number of hydrogen-bond acceptors (Lipinski definition) is 5. The first-order valence-electron chi connectivity index (χ1n) is 8.50. The standard InChI is InChI=1S/C19H25N3O4/c1-13-10-14(2)22(21-13)9-5-8-20-19(24)12-26-17-7-6-16(15(3)23)11-18(17)25-4/h6-7,10-11H,5,8-9,12H2,1-4H3,(H,20,24). The average Bonchev–Trinajstić information content (AvgIpc) is 2.93. The quantitative estimate of drug-likeness (QED) is 0.549. The van der Waals surface area contributed by atoms with Gasteiger partial charge in [0.15, 0.2) is 23.9 Å². The highest BCUT2D eigenvalue weighted by atomic mass is 16.5. The lowest BCUT2D eigenvalue weighted by atomic mass is 10.1. The van der Waals surface area contributed by atoms with Gasteiger partial charge in [0.1, 0.15) is 0 Å². The average molecular weight is 359 g/mol. The molecule has 2 rings (SSSR count). The third kappa shape index (κ3) is 5.34. The second kappa shape index (κ2) is 9.03. The maximum atomic E-state index is 11.9. The number of nitrogens with one attached hydrogen (secondary N) is 1. The van der Waals surface area contributed by atoms with E-state index in [2.05, 4.69) is 10.4 Å². The minimum atomic E-state index is -0.212. The predicted octanol–water partition coefficient (Wildman–Crippen LogP) is 2.30. The van der Waals surface area contributed by atoms with Crippen LogP contribution in [-0.4, -0.2) is 41.7 Å². The first kappa shape index (κ1) is 19.5. The molecule has 0 unspecified atom stereocenters. The van der Waals surface area contributed by atoms with Crippen LogP contribution in [0.3, 0.4) is 0 Å². The maximum Gasteiger partial charge on any atom is 0.257 e. The lowest BCUT2D eigenvalue weighted by molar-refractivity contribution is -0.123. The van der Waals surface area contributed by atoms with Gasteiger partial charge in [0.2, 0.25) is 0 Å². The second-order valence-corrected chi connectivity index (χ2v) is 6.06. The van der Waals surface area contributed by atoms with Crippen LogP contribution in [0.5, 0.6) is 11.5 Å². The summed E-state index contributed by atoms with van der Waals surface area (Å²) in [5.74, 6) is 0.580. The van der Waals surface area contributed by atoms with Gasteiger partial charge in [-0.1, -0.05) is 0 Å². The van der Waals surface area contributed by atoms with E-state index in [9.17, 15) is 9.59 Å². The molecule has 0 aliphatic rings. The van der Waals surface area contributed by atoms with Gasteiger partial charge in [0.05, 0.1) is 12.8 Å². The maximum absolute atomic E-state index is 11.9. The number of Topliss-reactive ketones (excluding diaryl/α,β-unsaturated/α-hetero) is 1. The predicted molar refractivity (Wildman–Crippen MR) is 97.8 cm³/mol. The molecule has 0 spiro atoms. The molecule has 0 bridgehead atoms. The zero-order valence-corrected chi connectivity index (χ0v) is 15.7. The van der Waals surface area contributed by atoms with Gasteiger partial charge in [-0.25, -0.2) is 0 Å². The first-order valence-corrected chi connectivity index (χ1v) is 8.50. The highest BCUT2D eigenvalue weighted by molar-refractivity contribution is 5.94. The number of ether oxygens (including phenoxy) is 2. The lowest BCUT2D eigenvalue weighted by Gasteiger charge is -2.12. The molecule has 7 heteroatoms. The molecule has 0 saturated heterocycles. The SMILES string of the molecule is COc1cc(C(C)=O)ccc1OCC(=O)NCCCn1nc(C)cc1C. The van der Waals surface area contributed by atoms with E-state index in [-0.39, 0.29) is 18.3 Å². The minimum absolute atomic E-state index is 0.0600. The minimum Gasteiger partial charge on any atom is -0.493 e. The molecule has 1 N–H and O–H groups in total. The van der Waals surface area contributed by atoms with E-state index in [1.807, 2.05) is 24.6 Å². The van der Waals surface area contributed by atoms with E-state index in [1.54, 1.807) is 18.2 Å². The highest BCUT2D eigenvalue weighted by Gasteiger charge is 2.10. The van der Waals surface area contributed by atoms with E-state index in [0.717, 1.165) is 24.4 Å². The Morgan fingerprint density at radius 3 is 2.58 bits per heavy atom. The summed E-state index contributed by atoms with van der Waals surface area (Å²) in [4.78, 5) is 23.3. The van der Waals surface area contributed by atoms with Crippen LogP contribution in [0.2, 0.25) is 0 Å². The summed E-state index contributed by atoms with van der Waals surface area (Å²) in [6.07, 6.45) is 0.782. The molecule has 7 nitrogen and oxygen atoms in total. The summed E-state index contributed by atoms with van der Waals surface area (Å²) >= 11 is 0. The molecular formula is C19H25N3O4. The van der Waals surface area contributed by atoms with Crippen LogP contribution in [-0.2, 0) is 11.3 Å². The molecule has 0 atom stereocenters. The Labute approximate surface area is 153 Å². The van der Waals surface area contributed by atoms with Gasteiger partial charge < -0.3 is 14.8 Å². The Morgan fingerprint density at radius 2 is 1.96 bits per heavy atom. The zero-order chi connectivity index (χ0) is 19.1. The van der Waals surface area contributed by atoms with E-state index in [1.165, 1.54) is 14.0 Å². The largest absolute Gasteiger partial charge is 0.493 e. The number of hydrogen-bond donors (Lipinski definition) is 1. The molecule has 0 radical (unpaired) electrons. The highest BCUT2D eigenvalue weighted by Crippen LogP contribution is 2.28. The number of amides is 1. The van der Waals surface area contributed by atoms with Crippen LogP contribution < -0.4 is 14.8 Å². The molecular weight excluding hydrogens is 334 g/mol. The van der Waals surface area contributed by atoms with Gasteiger partial charge in [-0.05, 0) is 51.5 Å². The van der Waals surface area contributed by atoms with Gasteiger partial charge in [-0.15, -0.1) is 0 Å². The van der Waals surface area contributed by atoms with Crippen LogP contribution in [0.25, 0.3) is 0 Å². The van der Waals surface area contributed by atoms with Crippen molar-refractivity contribution in [3.05, 3.63) is 41.2 Å². The van der Waals surface area contributed by atoms with Crippen LogP contribution in [0.4, 0.5) is 0 Å². The molecule has 0 fully saturated rings. The first-order chi connectivity index (χ1) is 12.4. The zero-order valence-electron chi connectivity index (χ0n) is 15.7. The third-order valence-electron chi connectivity index (χ3n) is 3.90. The van der Waals surface area contributed by atoms with Crippen molar-refractivity contribution in [3.63, 3.8) is 0 Å². The Balaban J connectivity index is 1.76. The van der Waals surface area contributed by atoms with E-state index >= 15 is 0 Å². The van der Waals surface area contributed by atoms with Crippen LogP contribution in [0.1, 0.15) is 35.1 Å². The molecule has 140 valence electrons. The summed E-state index contributed by atoms with van der Waals surface area (Å²) in [6.45, 7) is 6.63. The molecule has 26 heavy (non-hydrogen) atoms. The second-order valence-electron chi connectivity index (χ2n) is 6.06. The Morgan fingerprint density at radius 1 is 1.19 bits per heavy atom. The molecule has 1 heterocycles. The number of aromatic nitrogens is 2. The fourth-order valence-corrected chi connectivity index (χ4v) is 2.56. The number of aryl methyl sites for hydroxylation is 3. The summed E-state index contributed by atoms with van der Waals surface area (Å²) in [7, 11) is 1.49. The van der Waals surface area contributed by atoms with Crippen molar-refractivity contribution < 1.29 is 19.1 Å². The van der Waals surface area contributed by atoms with Crippen LogP contribution in [0, 0.1) is 13.8 Å². The van der Waals surface area contributed by atoms with E-state index in [0.29, 0.717) is 23.6 Å².